The lowest BCUT2D eigenvalue weighted by atomic mass is 9.82. The van der Waals surface area contributed by atoms with Gasteiger partial charge in [0.15, 0.2) is 0 Å². The van der Waals surface area contributed by atoms with Gasteiger partial charge in [0.2, 0.25) is 0 Å². The number of amides is 4. The van der Waals surface area contributed by atoms with E-state index in [1.54, 1.807) is 0 Å². The zero-order chi connectivity index (χ0) is 19.1. The molecule has 2 aliphatic rings. The normalized spacial score (nSPS) is 19.6. The van der Waals surface area contributed by atoms with Gasteiger partial charge < -0.3 is 5.32 Å². The molecule has 0 bridgehead atoms. The molecule has 0 aromatic carbocycles. The molecule has 2 N–H and O–H groups in total. The molecule has 1 aromatic rings. The van der Waals surface area contributed by atoms with Crippen molar-refractivity contribution in [3.05, 3.63) is 29.1 Å². The maximum atomic E-state index is 12.7. The second-order valence-electron chi connectivity index (χ2n) is 6.48. The molecule has 140 valence electrons. The first-order valence-electron chi connectivity index (χ1n) is 8.17. The number of aromatic nitrogens is 1. The highest BCUT2D eigenvalue weighted by Crippen LogP contribution is 2.33. The molecule has 0 atom stereocenters. The number of urea groups is 1. The number of nitrogens with one attached hydrogen (secondary N) is 2. The molecule has 2 heterocycles. The first-order valence-corrected chi connectivity index (χ1v) is 8.17. The average Bonchev–Trinajstić information content (AvgIpc) is 2.78. The summed E-state index contributed by atoms with van der Waals surface area (Å²) in [4.78, 5) is 40.4. The highest BCUT2D eigenvalue weighted by molar-refractivity contribution is 6.09. The zero-order valence-electron chi connectivity index (χ0n) is 13.9. The van der Waals surface area contributed by atoms with Crippen molar-refractivity contribution >= 4 is 17.8 Å². The monoisotopic (exact) mass is 370 g/mol. The lowest BCUT2D eigenvalue weighted by Gasteiger charge is -2.30. The highest BCUT2D eigenvalue weighted by Gasteiger charge is 2.52. The Morgan fingerprint density at radius 3 is 2.46 bits per heavy atom. The Bertz CT molecular complexity index is 772. The molecule has 1 saturated heterocycles. The molecule has 3 rings (SSSR count). The third-order valence-electron chi connectivity index (χ3n) is 4.70. The van der Waals surface area contributed by atoms with Gasteiger partial charge in [0.25, 0.3) is 11.8 Å². The zero-order valence-corrected chi connectivity index (χ0v) is 13.9. The van der Waals surface area contributed by atoms with Gasteiger partial charge >= 0.3 is 12.2 Å². The van der Waals surface area contributed by atoms with Crippen molar-refractivity contribution in [1.82, 2.24) is 20.7 Å². The summed E-state index contributed by atoms with van der Waals surface area (Å²) >= 11 is 0. The number of halogens is 3. The summed E-state index contributed by atoms with van der Waals surface area (Å²) < 4.78 is 38.0. The highest BCUT2D eigenvalue weighted by atomic mass is 19.4. The fraction of sp³-hybridized carbons (Fsp3) is 0.500. The molecule has 2 fully saturated rings. The van der Waals surface area contributed by atoms with E-state index in [0.717, 1.165) is 25.3 Å². The Balaban J connectivity index is 1.78. The number of hydrogen-bond donors (Lipinski definition) is 2. The van der Waals surface area contributed by atoms with Crippen LogP contribution in [0.25, 0.3) is 0 Å². The van der Waals surface area contributed by atoms with Crippen LogP contribution in [0.1, 0.15) is 53.8 Å². The van der Waals surface area contributed by atoms with E-state index in [9.17, 15) is 27.6 Å². The van der Waals surface area contributed by atoms with Gasteiger partial charge in [0.1, 0.15) is 11.2 Å². The van der Waals surface area contributed by atoms with Crippen LogP contribution in [-0.2, 0) is 11.0 Å². The van der Waals surface area contributed by atoms with Crippen LogP contribution in [0.4, 0.5) is 18.0 Å². The summed E-state index contributed by atoms with van der Waals surface area (Å²) in [6.07, 6.45) is -1.10. The van der Waals surface area contributed by atoms with Gasteiger partial charge in [-0.1, -0.05) is 19.3 Å². The largest absolute Gasteiger partial charge is 0.433 e. The Hall–Kier alpha value is -2.65. The number of aryl methyl sites for hydroxylation is 1. The topological polar surface area (TPSA) is 91.4 Å². The molecule has 0 radical (unpaired) electrons. The molecular weight excluding hydrogens is 353 g/mol. The Morgan fingerprint density at radius 1 is 1.23 bits per heavy atom. The lowest BCUT2D eigenvalue weighted by molar-refractivity contribution is -0.141. The van der Waals surface area contributed by atoms with Crippen molar-refractivity contribution in [3.63, 3.8) is 0 Å². The first-order chi connectivity index (χ1) is 12.1. The fourth-order valence-electron chi connectivity index (χ4n) is 3.34. The third-order valence-corrected chi connectivity index (χ3v) is 4.70. The van der Waals surface area contributed by atoms with E-state index in [2.05, 4.69) is 15.7 Å². The van der Waals surface area contributed by atoms with Gasteiger partial charge in [-0.25, -0.2) is 9.78 Å². The second-order valence-corrected chi connectivity index (χ2v) is 6.48. The molecule has 1 aliphatic carbocycles. The van der Waals surface area contributed by atoms with E-state index >= 15 is 0 Å². The number of carbonyl (C=O) groups excluding carboxylic acids is 3. The molecule has 1 saturated carbocycles. The molecule has 1 aliphatic heterocycles. The van der Waals surface area contributed by atoms with Gasteiger partial charge in [0, 0.05) is 0 Å². The number of carbonyl (C=O) groups is 3. The van der Waals surface area contributed by atoms with Crippen molar-refractivity contribution in [2.24, 2.45) is 0 Å². The number of imide groups is 1. The van der Waals surface area contributed by atoms with E-state index in [4.69, 9.17) is 0 Å². The van der Waals surface area contributed by atoms with Gasteiger partial charge in [0.05, 0.1) is 11.3 Å². The summed E-state index contributed by atoms with van der Waals surface area (Å²) in [7, 11) is 0. The molecule has 26 heavy (non-hydrogen) atoms. The van der Waals surface area contributed by atoms with Crippen LogP contribution in [0.2, 0.25) is 0 Å². The summed E-state index contributed by atoms with van der Waals surface area (Å²) in [5.41, 5.74) is -0.255. The van der Waals surface area contributed by atoms with Crippen molar-refractivity contribution in [3.8, 4) is 0 Å². The van der Waals surface area contributed by atoms with E-state index < -0.39 is 35.3 Å². The van der Waals surface area contributed by atoms with Gasteiger partial charge in [-0.05, 0) is 31.9 Å². The maximum Gasteiger partial charge on any atom is 0.433 e. The van der Waals surface area contributed by atoms with Crippen molar-refractivity contribution in [2.75, 3.05) is 0 Å². The number of hydrazine groups is 1. The molecule has 0 unspecified atom stereocenters. The number of alkyl halides is 3. The minimum Gasteiger partial charge on any atom is -0.322 e. The van der Waals surface area contributed by atoms with Crippen molar-refractivity contribution < 1.29 is 27.6 Å². The Kier molecular flexibility index (Phi) is 4.37. The van der Waals surface area contributed by atoms with Crippen molar-refractivity contribution in [1.29, 1.82) is 0 Å². The van der Waals surface area contributed by atoms with Gasteiger partial charge in [-0.3, -0.25) is 15.0 Å². The predicted molar refractivity (Wildman–Crippen MR) is 82.6 cm³/mol. The van der Waals surface area contributed by atoms with Crippen LogP contribution >= 0.6 is 0 Å². The predicted octanol–water partition coefficient (Wildman–Crippen LogP) is 2.31. The summed E-state index contributed by atoms with van der Waals surface area (Å²) in [6.45, 7) is 1.25. The van der Waals surface area contributed by atoms with Crippen LogP contribution in [-0.4, -0.2) is 33.4 Å². The molecular formula is C16H17F3N4O3. The van der Waals surface area contributed by atoms with Crippen LogP contribution in [0.5, 0.6) is 0 Å². The minimum atomic E-state index is -4.63. The Labute approximate surface area is 146 Å². The summed E-state index contributed by atoms with van der Waals surface area (Å²) in [6, 6.07) is 0.897. The molecule has 10 heteroatoms. The quantitative estimate of drug-likeness (QED) is 0.782. The number of pyridine rings is 1. The third kappa shape index (κ3) is 3.11. The smallest absolute Gasteiger partial charge is 0.322 e. The Morgan fingerprint density at radius 2 is 1.88 bits per heavy atom. The standard InChI is InChI=1S/C16H17F3N4O3/c1-9-10(5-6-11(20-9)16(17,18)19)12(24)22-23-13(25)15(21-14(23)26)7-3-2-4-8-15/h5-6H,2-4,7-8H2,1H3,(H,21,26)(H,22,24). The van der Waals surface area contributed by atoms with E-state index in [-0.39, 0.29) is 11.3 Å². The second kappa shape index (κ2) is 6.26. The molecule has 1 aromatic heterocycles. The van der Waals surface area contributed by atoms with E-state index in [1.165, 1.54) is 6.92 Å². The first kappa shape index (κ1) is 18.2. The molecule has 7 nitrogen and oxygen atoms in total. The average molecular weight is 370 g/mol. The number of hydrogen-bond acceptors (Lipinski definition) is 4. The van der Waals surface area contributed by atoms with Crippen LogP contribution in [0.3, 0.4) is 0 Å². The van der Waals surface area contributed by atoms with Crippen LogP contribution in [0.15, 0.2) is 12.1 Å². The minimum absolute atomic E-state index is 0.150. The van der Waals surface area contributed by atoms with E-state index in [0.29, 0.717) is 23.9 Å². The SMILES string of the molecule is Cc1nc(C(F)(F)F)ccc1C(=O)NN1C(=O)NC2(CCCCC2)C1=O. The molecule has 4 amide bonds. The van der Waals surface area contributed by atoms with Crippen LogP contribution in [0, 0.1) is 6.92 Å². The van der Waals surface area contributed by atoms with Gasteiger partial charge in [-0.2, -0.15) is 18.2 Å². The van der Waals surface area contributed by atoms with E-state index in [1.807, 2.05) is 0 Å². The molecule has 1 spiro atoms. The summed E-state index contributed by atoms with van der Waals surface area (Å²) in [5, 5.41) is 3.23. The lowest BCUT2D eigenvalue weighted by Crippen LogP contribution is -2.51. The van der Waals surface area contributed by atoms with Crippen molar-refractivity contribution in [2.45, 2.75) is 50.7 Å². The number of nitrogens with zero attached hydrogens (tertiary/aromatic N) is 2. The van der Waals surface area contributed by atoms with Gasteiger partial charge in [-0.15, -0.1) is 0 Å². The maximum absolute atomic E-state index is 12.7. The number of rotatable bonds is 2. The fourth-order valence-corrected chi connectivity index (χ4v) is 3.34. The summed E-state index contributed by atoms with van der Waals surface area (Å²) in [5.74, 6) is -1.42. The van der Waals surface area contributed by atoms with Crippen LogP contribution < -0.4 is 10.7 Å².